The number of hydrogen-bond donors (Lipinski definition) is 0. The van der Waals surface area contributed by atoms with Gasteiger partial charge >= 0.3 is 0 Å². The smallest absolute Gasteiger partial charge is 0.258 e. The van der Waals surface area contributed by atoms with Crippen LogP contribution in [0.25, 0.3) is 0 Å². The molecule has 0 aliphatic carbocycles. The van der Waals surface area contributed by atoms with Crippen molar-refractivity contribution in [1.29, 1.82) is 0 Å². The molecule has 7 nitrogen and oxygen atoms in total. The molecular weight excluding hydrogens is 346 g/mol. The van der Waals surface area contributed by atoms with Crippen LogP contribution in [0.3, 0.4) is 0 Å². The van der Waals surface area contributed by atoms with Crippen molar-refractivity contribution in [2.24, 2.45) is 0 Å². The maximum atomic E-state index is 13.1. The molecule has 1 aliphatic heterocycles. The summed E-state index contributed by atoms with van der Waals surface area (Å²) in [5.74, 6) is 2.06. The van der Waals surface area contributed by atoms with E-state index >= 15 is 0 Å². The highest BCUT2D eigenvalue weighted by Crippen LogP contribution is 2.36. The third-order valence-electron chi connectivity index (χ3n) is 4.55. The summed E-state index contributed by atoms with van der Waals surface area (Å²) in [7, 11) is 4.60. The van der Waals surface area contributed by atoms with Gasteiger partial charge in [-0.25, -0.2) is 9.97 Å². The molecule has 0 N–H and O–H groups in total. The molecule has 1 aromatic heterocycles. The second-order valence-corrected chi connectivity index (χ2v) is 7.48. The second kappa shape index (κ2) is 7.06. The van der Waals surface area contributed by atoms with E-state index in [1.807, 2.05) is 6.20 Å². The summed E-state index contributed by atoms with van der Waals surface area (Å²) in [6.07, 6.45) is 1.82. The Morgan fingerprint density at radius 2 is 1.63 bits per heavy atom. The van der Waals surface area contributed by atoms with Crippen LogP contribution in [0.4, 0.5) is 0 Å². The van der Waals surface area contributed by atoms with Crippen LogP contribution >= 0.6 is 0 Å². The van der Waals surface area contributed by atoms with Gasteiger partial charge in [0.1, 0.15) is 11.6 Å². The lowest BCUT2D eigenvalue weighted by Crippen LogP contribution is -2.26. The van der Waals surface area contributed by atoms with Gasteiger partial charge in [-0.1, -0.05) is 20.8 Å². The summed E-state index contributed by atoms with van der Waals surface area (Å²) < 4.78 is 16.0. The Hall–Kier alpha value is -2.83. The third-order valence-corrected chi connectivity index (χ3v) is 4.55. The average Bonchev–Trinajstić information content (AvgIpc) is 3.08. The molecule has 27 heavy (non-hydrogen) atoms. The number of benzene rings is 1. The minimum absolute atomic E-state index is 0.140. The molecule has 2 aromatic rings. The Morgan fingerprint density at radius 3 is 2.22 bits per heavy atom. The number of fused-ring (bicyclic) bond motifs is 1. The molecule has 1 amide bonds. The first kappa shape index (κ1) is 18.9. The Balaban J connectivity index is 1.91. The van der Waals surface area contributed by atoms with E-state index in [-0.39, 0.29) is 11.3 Å². The number of ether oxygens (including phenoxy) is 3. The summed E-state index contributed by atoms with van der Waals surface area (Å²) in [4.78, 5) is 24.0. The fourth-order valence-electron chi connectivity index (χ4n) is 3.03. The van der Waals surface area contributed by atoms with E-state index < -0.39 is 0 Å². The molecule has 0 saturated heterocycles. The van der Waals surface area contributed by atoms with E-state index in [9.17, 15) is 4.79 Å². The number of amides is 1. The topological polar surface area (TPSA) is 73.8 Å². The summed E-state index contributed by atoms with van der Waals surface area (Å²) >= 11 is 0. The van der Waals surface area contributed by atoms with Crippen molar-refractivity contribution < 1.29 is 19.0 Å². The lowest BCUT2D eigenvalue weighted by molar-refractivity contribution is 0.0746. The fraction of sp³-hybridized carbons (Fsp3) is 0.450. The van der Waals surface area contributed by atoms with Gasteiger partial charge in [-0.2, -0.15) is 0 Å². The minimum Gasteiger partial charge on any atom is -0.496 e. The minimum atomic E-state index is -0.150. The van der Waals surface area contributed by atoms with Gasteiger partial charge in [0.2, 0.25) is 0 Å². The fourth-order valence-corrected chi connectivity index (χ4v) is 3.03. The number of carbonyl (C=O) groups excluding carboxylic acids is 1. The van der Waals surface area contributed by atoms with Gasteiger partial charge in [0.05, 0.1) is 39.1 Å². The van der Waals surface area contributed by atoms with Gasteiger partial charge in [-0.3, -0.25) is 4.79 Å². The van der Waals surface area contributed by atoms with Gasteiger partial charge in [0.25, 0.3) is 5.91 Å². The van der Waals surface area contributed by atoms with Crippen LogP contribution in [0.2, 0.25) is 0 Å². The molecule has 2 heterocycles. The summed E-state index contributed by atoms with van der Waals surface area (Å²) in [5.41, 5.74) is 2.14. The van der Waals surface area contributed by atoms with Crippen LogP contribution in [0.1, 0.15) is 48.2 Å². The predicted octanol–water partition coefficient (Wildman–Crippen LogP) is 2.96. The van der Waals surface area contributed by atoms with Gasteiger partial charge in [-0.05, 0) is 0 Å². The largest absolute Gasteiger partial charge is 0.496 e. The maximum absolute atomic E-state index is 13.1. The van der Waals surface area contributed by atoms with E-state index in [1.165, 1.54) is 14.2 Å². The molecule has 3 rings (SSSR count). The van der Waals surface area contributed by atoms with Crippen LogP contribution in [-0.4, -0.2) is 42.1 Å². The molecule has 144 valence electrons. The van der Waals surface area contributed by atoms with Gasteiger partial charge < -0.3 is 19.1 Å². The van der Waals surface area contributed by atoms with Crippen molar-refractivity contribution in [1.82, 2.24) is 14.9 Å². The van der Waals surface area contributed by atoms with Crippen molar-refractivity contribution in [3.63, 3.8) is 0 Å². The van der Waals surface area contributed by atoms with E-state index in [0.29, 0.717) is 35.9 Å². The SMILES string of the molecule is COc1cc(OC)c(C(=O)N2Cc3cnc(C(C)(C)C)nc3C2)cc1OC. The Bertz CT molecular complexity index is 874. The number of carbonyl (C=O) groups is 1. The molecule has 0 fully saturated rings. The monoisotopic (exact) mass is 371 g/mol. The second-order valence-electron chi connectivity index (χ2n) is 7.48. The average molecular weight is 371 g/mol. The standard InChI is InChI=1S/C20H25N3O4/c1-20(2,3)19-21-9-12-10-23(11-14(12)22-19)18(24)13-7-16(26-5)17(27-6)8-15(13)25-4/h7-9H,10-11H2,1-6H3. The van der Waals surface area contributed by atoms with E-state index in [2.05, 4.69) is 30.7 Å². The molecule has 7 heteroatoms. The molecule has 0 radical (unpaired) electrons. The van der Waals surface area contributed by atoms with E-state index in [4.69, 9.17) is 14.2 Å². The number of methoxy groups -OCH3 is 3. The van der Waals surface area contributed by atoms with Crippen LogP contribution in [0, 0.1) is 0 Å². The Kier molecular flexibility index (Phi) is 4.95. The van der Waals surface area contributed by atoms with E-state index in [1.54, 1.807) is 24.1 Å². The summed E-state index contributed by atoms with van der Waals surface area (Å²) in [5, 5.41) is 0. The molecular formula is C20H25N3O4. The van der Waals surface area contributed by atoms with Crippen molar-refractivity contribution in [2.75, 3.05) is 21.3 Å². The normalized spacial score (nSPS) is 13.3. The third kappa shape index (κ3) is 3.54. The highest BCUT2D eigenvalue weighted by atomic mass is 16.5. The highest BCUT2D eigenvalue weighted by Gasteiger charge is 2.30. The Labute approximate surface area is 159 Å². The van der Waals surface area contributed by atoms with Crippen molar-refractivity contribution in [2.45, 2.75) is 39.3 Å². The zero-order valence-electron chi connectivity index (χ0n) is 16.6. The first-order chi connectivity index (χ1) is 12.8. The lowest BCUT2D eigenvalue weighted by atomic mass is 9.95. The van der Waals surface area contributed by atoms with Gasteiger partial charge in [0, 0.05) is 35.9 Å². The molecule has 0 unspecified atom stereocenters. The molecule has 0 bridgehead atoms. The summed E-state index contributed by atoms with van der Waals surface area (Å²) in [6.45, 7) is 7.12. The van der Waals surface area contributed by atoms with Crippen LogP contribution in [0.15, 0.2) is 18.3 Å². The lowest BCUT2D eigenvalue weighted by Gasteiger charge is -2.19. The van der Waals surface area contributed by atoms with E-state index in [0.717, 1.165) is 17.1 Å². The highest BCUT2D eigenvalue weighted by molar-refractivity contribution is 5.98. The first-order valence-electron chi connectivity index (χ1n) is 8.73. The van der Waals surface area contributed by atoms with Crippen molar-refractivity contribution in [3.05, 3.63) is 41.0 Å². The Morgan fingerprint density at radius 1 is 1.00 bits per heavy atom. The van der Waals surface area contributed by atoms with Gasteiger partial charge in [-0.15, -0.1) is 0 Å². The number of rotatable bonds is 4. The first-order valence-corrected chi connectivity index (χ1v) is 8.73. The van der Waals surface area contributed by atoms with Crippen LogP contribution in [-0.2, 0) is 18.5 Å². The van der Waals surface area contributed by atoms with Crippen molar-refractivity contribution in [3.8, 4) is 17.2 Å². The van der Waals surface area contributed by atoms with Crippen LogP contribution < -0.4 is 14.2 Å². The summed E-state index contributed by atoms with van der Waals surface area (Å²) in [6, 6.07) is 3.31. The predicted molar refractivity (Wildman–Crippen MR) is 100 cm³/mol. The molecule has 1 aliphatic rings. The van der Waals surface area contributed by atoms with Crippen molar-refractivity contribution >= 4 is 5.91 Å². The zero-order chi connectivity index (χ0) is 19.8. The number of aromatic nitrogens is 2. The van der Waals surface area contributed by atoms with Crippen LogP contribution in [0.5, 0.6) is 17.2 Å². The van der Waals surface area contributed by atoms with Gasteiger partial charge in [0.15, 0.2) is 11.5 Å². The number of hydrogen-bond acceptors (Lipinski definition) is 6. The molecule has 1 aromatic carbocycles. The molecule has 0 atom stereocenters. The maximum Gasteiger partial charge on any atom is 0.258 e. The number of nitrogens with zero attached hydrogens (tertiary/aromatic N) is 3. The quantitative estimate of drug-likeness (QED) is 0.823. The molecule has 0 spiro atoms. The molecule has 0 saturated carbocycles. The zero-order valence-corrected chi connectivity index (χ0v) is 16.6.